The number of ether oxygens (including phenoxy) is 1. The van der Waals surface area contributed by atoms with E-state index in [4.69, 9.17) is 4.74 Å². The maximum Gasteiger partial charge on any atom is 0.266 e. The van der Waals surface area contributed by atoms with Gasteiger partial charge in [0.1, 0.15) is 0 Å². The molecule has 3 aromatic rings. The number of anilines is 1. The average molecular weight is 436 g/mol. The zero-order valence-corrected chi connectivity index (χ0v) is 17.3. The lowest BCUT2D eigenvalue weighted by molar-refractivity contribution is -0.122. The van der Waals surface area contributed by atoms with Gasteiger partial charge in [-0.15, -0.1) is 10.2 Å². The molecule has 0 unspecified atom stereocenters. The van der Waals surface area contributed by atoms with E-state index >= 15 is 0 Å². The summed E-state index contributed by atoms with van der Waals surface area (Å²) in [5.74, 6) is -1.47. The van der Waals surface area contributed by atoms with Crippen molar-refractivity contribution in [1.82, 2.24) is 10.2 Å². The Bertz CT molecular complexity index is 1130. The molecule has 0 aliphatic carbocycles. The zero-order chi connectivity index (χ0) is 21.0. The molecular formula is C19H18FN3O4S2. The highest BCUT2D eigenvalue weighted by molar-refractivity contribution is 7.92. The normalized spacial score (nSPS) is 12.4. The van der Waals surface area contributed by atoms with Gasteiger partial charge in [0.05, 0.1) is 5.75 Å². The van der Waals surface area contributed by atoms with Crippen molar-refractivity contribution in [3.63, 3.8) is 0 Å². The fraction of sp³-hybridized carbons (Fsp3) is 0.211. The number of nitrogens with one attached hydrogen (secondary N) is 1. The molecule has 0 bridgehead atoms. The first-order chi connectivity index (χ1) is 13.7. The Balaban J connectivity index is 1.66. The highest BCUT2D eigenvalue weighted by Gasteiger charge is 2.23. The smallest absolute Gasteiger partial charge is 0.266 e. The predicted octanol–water partition coefficient (Wildman–Crippen LogP) is 3.37. The number of carbonyl (C=O) groups is 1. The van der Waals surface area contributed by atoms with Crippen molar-refractivity contribution in [3.8, 4) is 5.75 Å². The van der Waals surface area contributed by atoms with Crippen LogP contribution in [0.1, 0.15) is 18.1 Å². The summed E-state index contributed by atoms with van der Waals surface area (Å²) in [5, 5.41) is 9.85. The molecule has 3 rings (SSSR count). The number of halogens is 1. The van der Waals surface area contributed by atoms with Crippen molar-refractivity contribution in [3.05, 3.63) is 65.5 Å². The molecule has 0 saturated heterocycles. The number of benzene rings is 2. The van der Waals surface area contributed by atoms with E-state index in [1.807, 2.05) is 13.0 Å². The van der Waals surface area contributed by atoms with E-state index < -0.39 is 27.7 Å². The monoisotopic (exact) mass is 435 g/mol. The molecule has 152 valence electrons. The van der Waals surface area contributed by atoms with E-state index in [-0.39, 0.29) is 21.0 Å². The third-order valence-electron chi connectivity index (χ3n) is 3.85. The fourth-order valence-corrected chi connectivity index (χ4v) is 4.77. The van der Waals surface area contributed by atoms with Gasteiger partial charge in [0, 0.05) is 0 Å². The van der Waals surface area contributed by atoms with Gasteiger partial charge in [0.2, 0.25) is 19.3 Å². The lowest BCUT2D eigenvalue weighted by Crippen LogP contribution is -2.30. The van der Waals surface area contributed by atoms with Crippen LogP contribution in [-0.4, -0.2) is 30.6 Å². The number of aryl methyl sites for hydroxylation is 1. The summed E-state index contributed by atoms with van der Waals surface area (Å²) in [6, 6.07) is 12.9. The van der Waals surface area contributed by atoms with Crippen LogP contribution in [0, 0.1) is 12.7 Å². The third-order valence-corrected chi connectivity index (χ3v) is 6.82. The molecule has 1 atom stereocenters. The Morgan fingerprint density at radius 2 is 1.97 bits per heavy atom. The van der Waals surface area contributed by atoms with Crippen molar-refractivity contribution >= 4 is 32.2 Å². The molecule has 0 aliphatic rings. The van der Waals surface area contributed by atoms with Crippen LogP contribution in [0.3, 0.4) is 0 Å². The number of para-hydroxylation sites is 1. The van der Waals surface area contributed by atoms with Crippen LogP contribution in [0.5, 0.6) is 5.75 Å². The first kappa shape index (κ1) is 20.9. The summed E-state index contributed by atoms with van der Waals surface area (Å²) in [4.78, 5) is 12.2. The van der Waals surface area contributed by atoms with Crippen LogP contribution in [-0.2, 0) is 20.4 Å². The van der Waals surface area contributed by atoms with Gasteiger partial charge in [-0.2, -0.15) is 0 Å². The minimum Gasteiger partial charge on any atom is -0.478 e. The van der Waals surface area contributed by atoms with E-state index in [1.54, 1.807) is 24.3 Å². The number of aromatic nitrogens is 2. The van der Waals surface area contributed by atoms with Gasteiger partial charge in [-0.05, 0) is 31.5 Å². The summed E-state index contributed by atoms with van der Waals surface area (Å²) in [7, 11) is -3.71. The summed E-state index contributed by atoms with van der Waals surface area (Å²) in [6.07, 6.45) is -1.02. The van der Waals surface area contributed by atoms with Crippen LogP contribution < -0.4 is 10.1 Å². The van der Waals surface area contributed by atoms with Gasteiger partial charge < -0.3 is 4.74 Å². The molecule has 7 nitrogen and oxygen atoms in total. The molecular weight excluding hydrogens is 417 g/mol. The van der Waals surface area contributed by atoms with Gasteiger partial charge >= 0.3 is 0 Å². The average Bonchev–Trinajstić information content (AvgIpc) is 3.13. The van der Waals surface area contributed by atoms with Crippen molar-refractivity contribution in [1.29, 1.82) is 0 Å². The standard InChI is InChI=1S/C19H18FN3O4S2/c1-12-6-5-7-14(10-12)11-29(25,26)19-23-22-18(28-19)21-17(24)13(2)27-16-9-4-3-8-15(16)20/h3-10,13H,11H2,1-2H3,(H,21,22,24)/t13-/m0/s1. The quantitative estimate of drug-likeness (QED) is 0.572. The molecule has 0 radical (unpaired) electrons. The molecule has 29 heavy (non-hydrogen) atoms. The van der Waals surface area contributed by atoms with E-state index in [0.29, 0.717) is 5.56 Å². The molecule has 0 spiro atoms. The van der Waals surface area contributed by atoms with Gasteiger partial charge in [-0.1, -0.05) is 53.3 Å². The minimum atomic E-state index is -3.71. The predicted molar refractivity (Wildman–Crippen MR) is 107 cm³/mol. The number of sulfone groups is 1. The third kappa shape index (κ3) is 5.36. The number of amides is 1. The highest BCUT2D eigenvalue weighted by atomic mass is 32.2. The maximum absolute atomic E-state index is 13.6. The second-order valence-corrected chi connectivity index (χ2v) is 9.44. The number of carbonyl (C=O) groups excluding carboxylic acids is 1. The lowest BCUT2D eigenvalue weighted by Gasteiger charge is -2.13. The molecule has 1 amide bonds. The van der Waals surface area contributed by atoms with Gasteiger partial charge in [-0.25, -0.2) is 12.8 Å². The Kier molecular flexibility index (Phi) is 6.23. The zero-order valence-electron chi connectivity index (χ0n) is 15.6. The van der Waals surface area contributed by atoms with Crippen LogP contribution in [0.25, 0.3) is 0 Å². The summed E-state index contributed by atoms with van der Waals surface area (Å²) in [6.45, 7) is 3.32. The van der Waals surface area contributed by atoms with Gasteiger partial charge in [-0.3, -0.25) is 10.1 Å². The van der Waals surface area contributed by atoms with Crippen LogP contribution in [0.4, 0.5) is 9.52 Å². The Hall–Kier alpha value is -2.85. The number of hydrogen-bond acceptors (Lipinski definition) is 7. The largest absolute Gasteiger partial charge is 0.478 e. The van der Waals surface area contributed by atoms with E-state index in [0.717, 1.165) is 16.9 Å². The molecule has 1 N–H and O–H groups in total. The molecule has 0 saturated carbocycles. The first-order valence-corrected chi connectivity index (χ1v) is 11.1. The lowest BCUT2D eigenvalue weighted by atomic mass is 10.2. The topological polar surface area (TPSA) is 98.3 Å². The Morgan fingerprint density at radius 3 is 2.69 bits per heavy atom. The second-order valence-electron chi connectivity index (χ2n) is 6.30. The maximum atomic E-state index is 13.6. The van der Waals surface area contributed by atoms with Crippen LogP contribution in [0.2, 0.25) is 0 Å². The molecule has 1 heterocycles. The van der Waals surface area contributed by atoms with Crippen LogP contribution >= 0.6 is 11.3 Å². The summed E-state index contributed by atoms with van der Waals surface area (Å²) < 4.78 is 43.8. The van der Waals surface area contributed by atoms with Gasteiger partial charge in [0.25, 0.3) is 5.91 Å². The van der Waals surface area contributed by atoms with Crippen molar-refractivity contribution in [2.75, 3.05) is 5.32 Å². The molecule has 10 heteroatoms. The number of rotatable bonds is 7. The van der Waals surface area contributed by atoms with Crippen molar-refractivity contribution in [2.45, 2.75) is 30.0 Å². The van der Waals surface area contributed by atoms with Crippen molar-refractivity contribution in [2.24, 2.45) is 0 Å². The Labute approximate surface area is 171 Å². The number of nitrogens with zero attached hydrogens (tertiary/aromatic N) is 2. The summed E-state index contributed by atoms with van der Waals surface area (Å²) in [5.41, 5.74) is 1.59. The fourth-order valence-electron chi connectivity index (χ4n) is 2.46. The van der Waals surface area contributed by atoms with E-state index in [2.05, 4.69) is 15.5 Å². The molecule has 2 aromatic carbocycles. The van der Waals surface area contributed by atoms with Crippen molar-refractivity contribution < 1.29 is 22.3 Å². The second kappa shape index (κ2) is 8.66. The van der Waals surface area contributed by atoms with E-state index in [9.17, 15) is 17.6 Å². The number of hydrogen-bond donors (Lipinski definition) is 1. The molecule has 1 aromatic heterocycles. The summed E-state index contributed by atoms with van der Waals surface area (Å²) >= 11 is 0.747. The van der Waals surface area contributed by atoms with E-state index in [1.165, 1.54) is 25.1 Å². The molecule has 0 fully saturated rings. The molecule has 0 aliphatic heterocycles. The minimum absolute atomic E-state index is 0.0156. The highest BCUT2D eigenvalue weighted by Crippen LogP contribution is 2.24. The van der Waals surface area contributed by atoms with Crippen LogP contribution in [0.15, 0.2) is 52.9 Å². The first-order valence-electron chi connectivity index (χ1n) is 8.58. The van der Waals surface area contributed by atoms with Gasteiger partial charge in [0.15, 0.2) is 17.7 Å². The SMILES string of the molecule is Cc1cccc(CS(=O)(=O)c2nnc(NC(=O)[C@H](C)Oc3ccccc3F)s2)c1. The Morgan fingerprint density at radius 1 is 1.21 bits per heavy atom.